The molecule has 0 unspecified atom stereocenters. The van der Waals surface area contributed by atoms with Crippen molar-refractivity contribution >= 4 is 33.2 Å². The normalized spacial score (nSPS) is 11.4. The molecular formula is C14H13Cl2NO3S. The summed E-state index contributed by atoms with van der Waals surface area (Å²) in [4.78, 5) is 0.0573. The van der Waals surface area contributed by atoms with Crippen LogP contribution in [0.15, 0.2) is 41.3 Å². The van der Waals surface area contributed by atoms with E-state index in [0.29, 0.717) is 28.0 Å². The summed E-state index contributed by atoms with van der Waals surface area (Å²) >= 11 is 11.8. The SMILES string of the molecule is Cc1cc(S(N)(=O)=O)ccc1OCc1ccc(Cl)c(Cl)c1. The van der Waals surface area contributed by atoms with Gasteiger partial charge in [-0.25, -0.2) is 13.6 Å². The van der Waals surface area contributed by atoms with E-state index in [0.717, 1.165) is 5.56 Å². The zero-order valence-electron chi connectivity index (χ0n) is 11.1. The van der Waals surface area contributed by atoms with Gasteiger partial charge in [0.2, 0.25) is 10.0 Å². The van der Waals surface area contributed by atoms with Gasteiger partial charge in [0.1, 0.15) is 12.4 Å². The van der Waals surface area contributed by atoms with Crippen LogP contribution in [-0.2, 0) is 16.6 Å². The summed E-state index contributed by atoms with van der Waals surface area (Å²) in [5, 5.41) is 6.01. The highest BCUT2D eigenvalue weighted by molar-refractivity contribution is 7.89. The van der Waals surface area contributed by atoms with Crippen molar-refractivity contribution in [1.29, 1.82) is 0 Å². The van der Waals surface area contributed by atoms with Gasteiger partial charge in [-0.3, -0.25) is 0 Å². The molecule has 0 spiro atoms. The molecule has 0 bridgehead atoms. The Labute approximate surface area is 133 Å². The highest BCUT2D eigenvalue weighted by atomic mass is 35.5. The Kier molecular flexibility index (Phi) is 4.78. The van der Waals surface area contributed by atoms with E-state index >= 15 is 0 Å². The summed E-state index contributed by atoms with van der Waals surface area (Å²) in [6.07, 6.45) is 0. The minimum Gasteiger partial charge on any atom is -0.489 e. The van der Waals surface area contributed by atoms with Gasteiger partial charge in [-0.1, -0.05) is 29.3 Å². The second-order valence-corrected chi connectivity index (χ2v) is 6.89. The van der Waals surface area contributed by atoms with Crippen molar-refractivity contribution in [2.24, 2.45) is 5.14 Å². The molecule has 0 radical (unpaired) electrons. The van der Waals surface area contributed by atoms with E-state index < -0.39 is 10.0 Å². The van der Waals surface area contributed by atoms with Gasteiger partial charge < -0.3 is 4.74 Å². The average molecular weight is 346 g/mol. The predicted octanol–water partition coefficient (Wildman–Crippen LogP) is 3.53. The summed E-state index contributed by atoms with van der Waals surface area (Å²) in [6, 6.07) is 9.68. The van der Waals surface area contributed by atoms with Crippen LogP contribution in [-0.4, -0.2) is 8.42 Å². The number of hydrogen-bond acceptors (Lipinski definition) is 3. The van der Waals surface area contributed by atoms with Gasteiger partial charge in [-0.05, 0) is 48.4 Å². The van der Waals surface area contributed by atoms with Crippen LogP contribution in [0, 0.1) is 6.92 Å². The van der Waals surface area contributed by atoms with Crippen LogP contribution >= 0.6 is 23.2 Å². The Morgan fingerprint density at radius 3 is 2.38 bits per heavy atom. The first-order valence-electron chi connectivity index (χ1n) is 5.97. The summed E-state index contributed by atoms with van der Waals surface area (Å²) in [7, 11) is -3.71. The lowest BCUT2D eigenvalue weighted by molar-refractivity contribution is 0.304. The molecule has 0 saturated carbocycles. The molecule has 0 heterocycles. The van der Waals surface area contributed by atoms with E-state index in [1.807, 2.05) is 6.07 Å². The molecule has 0 aromatic heterocycles. The van der Waals surface area contributed by atoms with E-state index in [1.165, 1.54) is 12.1 Å². The zero-order valence-corrected chi connectivity index (χ0v) is 13.5. The average Bonchev–Trinajstić information content (AvgIpc) is 2.40. The number of rotatable bonds is 4. The van der Waals surface area contributed by atoms with Crippen molar-refractivity contribution in [1.82, 2.24) is 0 Å². The molecule has 2 aromatic carbocycles. The van der Waals surface area contributed by atoms with Crippen LogP contribution in [0.5, 0.6) is 5.75 Å². The molecule has 2 rings (SSSR count). The molecule has 0 fully saturated rings. The van der Waals surface area contributed by atoms with E-state index in [-0.39, 0.29) is 4.90 Å². The van der Waals surface area contributed by atoms with Crippen molar-refractivity contribution in [2.45, 2.75) is 18.4 Å². The van der Waals surface area contributed by atoms with Crippen LogP contribution in [0.1, 0.15) is 11.1 Å². The van der Waals surface area contributed by atoms with Crippen LogP contribution in [0.25, 0.3) is 0 Å². The number of halogens is 2. The lowest BCUT2D eigenvalue weighted by Crippen LogP contribution is -2.12. The van der Waals surface area contributed by atoms with Gasteiger partial charge in [0.25, 0.3) is 0 Å². The fraction of sp³-hybridized carbons (Fsp3) is 0.143. The first-order chi connectivity index (χ1) is 9.77. The highest BCUT2D eigenvalue weighted by Crippen LogP contribution is 2.25. The fourth-order valence-corrected chi connectivity index (χ4v) is 2.67. The van der Waals surface area contributed by atoms with Gasteiger partial charge in [0, 0.05) is 0 Å². The topological polar surface area (TPSA) is 69.4 Å². The third kappa shape index (κ3) is 4.11. The Hall–Kier alpha value is -1.27. The number of benzene rings is 2. The van der Waals surface area contributed by atoms with Crippen molar-refractivity contribution in [3.8, 4) is 5.75 Å². The second-order valence-electron chi connectivity index (χ2n) is 4.51. The van der Waals surface area contributed by atoms with Gasteiger partial charge in [-0.2, -0.15) is 0 Å². The molecule has 0 aliphatic heterocycles. The Balaban J connectivity index is 2.15. The monoisotopic (exact) mass is 345 g/mol. The number of ether oxygens (including phenoxy) is 1. The van der Waals surface area contributed by atoms with Gasteiger partial charge in [-0.15, -0.1) is 0 Å². The maximum absolute atomic E-state index is 11.3. The van der Waals surface area contributed by atoms with E-state index in [2.05, 4.69) is 0 Å². The maximum Gasteiger partial charge on any atom is 0.238 e. The van der Waals surface area contributed by atoms with Gasteiger partial charge in [0.15, 0.2) is 0 Å². The van der Waals surface area contributed by atoms with Crippen molar-refractivity contribution in [2.75, 3.05) is 0 Å². The molecule has 7 heteroatoms. The maximum atomic E-state index is 11.3. The molecule has 4 nitrogen and oxygen atoms in total. The molecule has 0 saturated heterocycles. The second kappa shape index (κ2) is 6.23. The predicted molar refractivity (Wildman–Crippen MR) is 83.3 cm³/mol. The van der Waals surface area contributed by atoms with Crippen molar-refractivity contribution in [3.63, 3.8) is 0 Å². The minimum absolute atomic E-state index is 0.0573. The van der Waals surface area contributed by atoms with E-state index in [1.54, 1.807) is 25.1 Å². The Morgan fingerprint density at radius 1 is 1.10 bits per heavy atom. The van der Waals surface area contributed by atoms with Gasteiger partial charge >= 0.3 is 0 Å². The van der Waals surface area contributed by atoms with Crippen molar-refractivity contribution < 1.29 is 13.2 Å². The first-order valence-corrected chi connectivity index (χ1v) is 8.28. The third-order valence-corrected chi connectivity index (χ3v) is 4.50. The number of aryl methyl sites for hydroxylation is 1. The number of primary sulfonamides is 1. The summed E-state index contributed by atoms with van der Waals surface area (Å²) in [5.74, 6) is 0.577. The lowest BCUT2D eigenvalue weighted by Gasteiger charge is -2.10. The Morgan fingerprint density at radius 2 is 1.81 bits per heavy atom. The van der Waals surface area contributed by atoms with Crippen LogP contribution < -0.4 is 9.88 Å². The molecular weight excluding hydrogens is 333 g/mol. The number of hydrogen-bond donors (Lipinski definition) is 1. The molecule has 0 atom stereocenters. The molecule has 2 N–H and O–H groups in total. The molecule has 0 amide bonds. The molecule has 112 valence electrons. The van der Waals surface area contributed by atoms with E-state index in [4.69, 9.17) is 33.1 Å². The quantitative estimate of drug-likeness (QED) is 0.921. The van der Waals surface area contributed by atoms with E-state index in [9.17, 15) is 8.42 Å². The molecule has 2 aromatic rings. The summed E-state index contributed by atoms with van der Waals surface area (Å²) in [6.45, 7) is 2.05. The lowest BCUT2D eigenvalue weighted by atomic mass is 10.2. The van der Waals surface area contributed by atoms with Crippen LogP contribution in [0.4, 0.5) is 0 Å². The summed E-state index contributed by atoms with van der Waals surface area (Å²) < 4.78 is 28.2. The smallest absolute Gasteiger partial charge is 0.238 e. The fourth-order valence-electron chi connectivity index (χ4n) is 1.75. The standard InChI is InChI=1S/C14H13Cl2NO3S/c1-9-6-11(21(17,18)19)3-5-14(9)20-8-10-2-4-12(15)13(16)7-10/h2-7H,8H2,1H3,(H2,17,18,19). The van der Waals surface area contributed by atoms with Crippen LogP contribution in [0.2, 0.25) is 10.0 Å². The molecule has 0 aliphatic rings. The largest absolute Gasteiger partial charge is 0.489 e. The third-order valence-electron chi connectivity index (χ3n) is 2.85. The molecule has 0 aliphatic carbocycles. The van der Waals surface area contributed by atoms with Crippen molar-refractivity contribution in [3.05, 3.63) is 57.6 Å². The molecule has 21 heavy (non-hydrogen) atoms. The number of nitrogens with two attached hydrogens (primary N) is 1. The highest BCUT2D eigenvalue weighted by Gasteiger charge is 2.10. The van der Waals surface area contributed by atoms with Gasteiger partial charge in [0.05, 0.1) is 14.9 Å². The first kappa shape index (κ1) is 16.1. The minimum atomic E-state index is -3.71. The zero-order chi connectivity index (χ0) is 15.6. The Bertz CT molecular complexity index is 776. The number of sulfonamides is 1. The van der Waals surface area contributed by atoms with Crippen LogP contribution in [0.3, 0.4) is 0 Å². The summed E-state index contributed by atoms with van der Waals surface area (Å²) in [5.41, 5.74) is 1.54.